The summed E-state index contributed by atoms with van der Waals surface area (Å²) in [4.78, 5) is 19.3. The van der Waals surface area contributed by atoms with E-state index in [1.54, 1.807) is 48.4 Å². The first-order chi connectivity index (χ1) is 23.8. The van der Waals surface area contributed by atoms with Crippen LogP contribution < -0.4 is 9.80 Å². The van der Waals surface area contributed by atoms with Gasteiger partial charge in [-0.15, -0.1) is 0 Å². The fraction of sp³-hybridized carbons (Fsp3) is 0.459. The number of aliphatic hydroxyl groups excluding tert-OH is 6. The number of aliphatic hydroxyl groups is 6. The van der Waals surface area contributed by atoms with Crippen LogP contribution in [-0.4, -0.2) is 101 Å². The number of likely N-dealkylation sites (N-methyl/N-ethyl adjacent to an activating group) is 2. The molecule has 16 heteroatoms. The molecular weight excluding hydrogens is 700 g/mol. The first-order valence-corrected chi connectivity index (χ1v) is 15.8. The summed E-state index contributed by atoms with van der Waals surface area (Å²) < 4.78 is 53.0. The first kappa shape index (κ1) is 44.8. The van der Waals surface area contributed by atoms with Crippen molar-refractivity contribution in [2.45, 2.75) is 83.8 Å². The van der Waals surface area contributed by atoms with Crippen LogP contribution in [0.3, 0.4) is 0 Å². The second kappa shape index (κ2) is 19.1. The molecule has 53 heavy (non-hydrogen) atoms. The van der Waals surface area contributed by atoms with Crippen molar-refractivity contribution in [3.63, 3.8) is 0 Å². The standard InChI is InChI=1S/2C17H19F2N3O3.3CH4/c2*1-22(14-4-5-20-8-21-14)13-7-10(16(24)17(13)25)15(23)9-2-3-11(18)12(19)6-9;;;/h2*2-6,8,10,13,15-17,23-25H,7H2,1H3;3*1H4/t10-,13-,15+,16-,17+;10-,13-,15-,16-,17+;;;/m11.../s1. The molecule has 6 rings (SSSR count). The topological polar surface area (TPSA) is 179 Å². The summed E-state index contributed by atoms with van der Waals surface area (Å²) in [5.41, 5.74) is 0.306. The van der Waals surface area contributed by atoms with Crippen LogP contribution in [0.5, 0.6) is 0 Å². The highest BCUT2D eigenvalue weighted by Gasteiger charge is 2.48. The van der Waals surface area contributed by atoms with Gasteiger partial charge in [-0.05, 0) is 60.4 Å². The maximum Gasteiger partial charge on any atom is 0.159 e. The number of hydrogen-bond donors (Lipinski definition) is 6. The third-order valence-corrected chi connectivity index (χ3v) is 9.62. The van der Waals surface area contributed by atoms with Crippen LogP contribution in [0.25, 0.3) is 0 Å². The summed E-state index contributed by atoms with van der Waals surface area (Å²) in [7, 11) is 3.44. The van der Waals surface area contributed by atoms with E-state index in [9.17, 15) is 48.2 Å². The predicted octanol–water partition coefficient (Wildman–Crippen LogP) is 3.98. The fourth-order valence-corrected chi connectivity index (χ4v) is 6.69. The van der Waals surface area contributed by atoms with Crippen molar-refractivity contribution < 1.29 is 48.2 Å². The molecule has 10 atom stereocenters. The van der Waals surface area contributed by atoms with Crippen molar-refractivity contribution in [1.82, 2.24) is 19.9 Å². The quantitative estimate of drug-likeness (QED) is 0.143. The first-order valence-electron chi connectivity index (χ1n) is 15.8. The van der Waals surface area contributed by atoms with E-state index in [4.69, 9.17) is 0 Å². The molecule has 0 spiro atoms. The van der Waals surface area contributed by atoms with E-state index in [0.717, 1.165) is 24.3 Å². The molecule has 2 fully saturated rings. The largest absolute Gasteiger partial charge is 0.390 e. The molecule has 0 aliphatic heterocycles. The number of benzene rings is 2. The molecule has 2 saturated carbocycles. The lowest BCUT2D eigenvalue weighted by molar-refractivity contribution is -0.0232. The molecule has 2 aliphatic carbocycles. The third-order valence-electron chi connectivity index (χ3n) is 9.62. The molecule has 12 nitrogen and oxygen atoms in total. The van der Waals surface area contributed by atoms with Crippen LogP contribution in [0.15, 0.2) is 73.6 Å². The molecular formula is C37H50F4N6O6. The van der Waals surface area contributed by atoms with Gasteiger partial charge in [-0.25, -0.2) is 37.5 Å². The van der Waals surface area contributed by atoms with Gasteiger partial charge >= 0.3 is 0 Å². The van der Waals surface area contributed by atoms with Gasteiger partial charge in [0.05, 0.1) is 36.5 Å². The number of halogens is 4. The molecule has 0 unspecified atom stereocenters. The Morgan fingerprint density at radius 1 is 0.566 bits per heavy atom. The maximum absolute atomic E-state index is 13.4. The Balaban J connectivity index is 0.000000347. The van der Waals surface area contributed by atoms with Crippen LogP contribution in [0, 0.1) is 35.1 Å². The predicted molar refractivity (Wildman–Crippen MR) is 192 cm³/mol. The summed E-state index contributed by atoms with van der Waals surface area (Å²) >= 11 is 0. The second-order valence-electron chi connectivity index (χ2n) is 12.5. The van der Waals surface area contributed by atoms with Crippen molar-refractivity contribution in [2.24, 2.45) is 11.8 Å². The second-order valence-corrected chi connectivity index (χ2v) is 12.5. The van der Waals surface area contributed by atoms with E-state index >= 15 is 0 Å². The Morgan fingerprint density at radius 2 is 0.925 bits per heavy atom. The SMILES string of the molecule is C.C.C.CN(c1ccncn1)[C@@H]1C[C@H]([C@@H](O)c2ccc(F)c(F)c2)[C@@H](O)[C@H]1O.CN(c1ccncn1)[C@@H]1C[C@H]([C@H](O)c2ccc(F)c(F)c2)[C@@H](O)[C@H]1O. The molecule has 0 amide bonds. The number of rotatable bonds is 8. The van der Waals surface area contributed by atoms with E-state index in [1.165, 1.54) is 24.8 Å². The van der Waals surface area contributed by atoms with Crippen molar-refractivity contribution >= 4 is 11.6 Å². The minimum atomic E-state index is -1.23. The Morgan fingerprint density at radius 3 is 1.23 bits per heavy atom. The molecule has 0 saturated heterocycles. The highest BCUT2D eigenvalue weighted by Crippen LogP contribution is 2.40. The Labute approximate surface area is 307 Å². The fourth-order valence-electron chi connectivity index (χ4n) is 6.69. The molecule has 0 bridgehead atoms. The Bertz CT molecular complexity index is 1600. The van der Waals surface area contributed by atoms with Crippen LogP contribution in [0.4, 0.5) is 29.2 Å². The monoisotopic (exact) mass is 750 g/mol. The highest BCUT2D eigenvalue weighted by molar-refractivity contribution is 5.39. The van der Waals surface area contributed by atoms with Gasteiger partial charge in [0.2, 0.25) is 0 Å². The molecule has 4 aromatic rings. The summed E-state index contributed by atoms with van der Waals surface area (Å²) in [5, 5.41) is 62.4. The zero-order valence-electron chi connectivity index (χ0n) is 27.0. The average Bonchev–Trinajstić information content (AvgIpc) is 3.60. The van der Waals surface area contributed by atoms with Crippen molar-refractivity contribution in [1.29, 1.82) is 0 Å². The van der Waals surface area contributed by atoms with Crippen molar-refractivity contribution in [3.05, 3.63) is 108 Å². The Kier molecular flexibility index (Phi) is 16.2. The van der Waals surface area contributed by atoms with Gasteiger partial charge in [0.1, 0.15) is 36.5 Å². The average molecular weight is 751 g/mol. The molecule has 6 N–H and O–H groups in total. The van der Waals surface area contributed by atoms with Gasteiger partial charge in [-0.2, -0.15) is 0 Å². The van der Waals surface area contributed by atoms with Gasteiger partial charge in [0, 0.05) is 38.3 Å². The minimum Gasteiger partial charge on any atom is -0.390 e. The summed E-state index contributed by atoms with van der Waals surface area (Å²) in [6.07, 6.45) is -0.758. The van der Waals surface area contributed by atoms with E-state index in [1.807, 2.05) is 0 Å². The maximum atomic E-state index is 13.4. The minimum absolute atomic E-state index is 0. The lowest BCUT2D eigenvalue weighted by atomic mass is 9.92. The highest BCUT2D eigenvalue weighted by atomic mass is 19.2. The van der Waals surface area contributed by atoms with Crippen LogP contribution in [0.1, 0.15) is 58.5 Å². The van der Waals surface area contributed by atoms with Crippen LogP contribution >= 0.6 is 0 Å². The molecule has 2 heterocycles. The van der Waals surface area contributed by atoms with Crippen molar-refractivity contribution in [2.75, 3.05) is 23.9 Å². The third kappa shape index (κ3) is 9.62. The number of hydrogen-bond acceptors (Lipinski definition) is 12. The van der Waals surface area contributed by atoms with Gasteiger partial charge in [-0.3, -0.25) is 0 Å². The lowest BCUT2D eigenvalue weighted by Crippen LogP contribution is -2.41. The van der Waals surface area contributed by atoms with E-state index in [-0.39, 0.29) is 46.2 Å². The Hall–Kier alpha value is -4.32. The van der Waals surface area contributed by atoms with Crippen LogP contribution in [0.2, 0.25) is 0 Å². The number of aromatic nitrogens is 4. The molecule has 2 aliphatic rings. The zero-order chi connectivity index (χ0) is 36.3. The van der Waals surface area contributed by atoms with E-state index < -0.39 is 83.8 Å². The van der Waals surface area contributed by atoms with E-state index in [2.05, 4.69) is 19.9 Å². The number of anilines is 2. The zero-order valence-corrected chi connectivity index (χ0v) is 27.0. The molecule has 292 valence electrons. The smallest absolute Gasteiger partial charge is 0.159 e. The summed E-state index contributed by atoms with van der Waals surface area (Å²) in [6.45, 7) is 0. The van der Waals surface area contributed by atoms with Gasteiger partial charge < -0.3 is 40.4 Å². The summed E-state index contributed by atoms with van der Waals surface area (Å²) in [6, 6.07) is 8.54. The van der Waals surface area contributed by atoms with Gasteiger partial charge in [-0.1, -0.05) is 34.4 Å². The van der Waals surface area contributed by atoms with Crippen LogP contribution in [-0.2, 0) is 0 Å². The normalized spacial score (nSPS) is 25.7. The molecule has 0 radical (unpaired) electrons. The summed E-state index contributed by atoms with van der Waals surface area (Å²) in [5.74, 6) is -4.49. The van der Waals surface area contributed by atoms with Crippen molar-refractivity contribution in [3.8, 4) is 0 Å². The molecule has 2 aromatic heterocycles. The van der Waals surface area contributed by atoms with E-state index in [0.29, 0.717) is 11.6 Å². The van der Waals surface area contributed by atoms with Gasteiger partial charge in [0.15, 0.2) is 23.3 Å². The lowest BCUT2D eigenvalue weighted by Gasteiger charge is -2.28. The molecule has 2 aromatic carbocycles. The van der Waals surface area contributed by atoms with Gasteiger partial charge in [0.25, 0.3) is 0 Å². The number of nitrogens with zero attached hydrogens (tertiary/aromatic N) is 6.